The summed E-state index contributed by atoms with van der Waals surface area (Å²) in [5.41, 5.74) is 2.10. The highest BCUT2D eigenvalue weighted by Crippen LogP contribution is 2.29. The fraction of sp³-hybridized carbons (Fsp3) is 0.421. The average Bonchev–Trinajstić information content (AvgIpc) is 3.20. The number of aromatic nitrogens is 1. The molecular formula is C19H22N2O4S. The lowest BCUT2D eigenvalue weighted by molar-refractivity contribution is -0.142. The minimum atomic E-state index is -1.09. The Hall–Kier alpha value is -2.41. The van der Waals surface area contributed by atoms with Crippen molar-refractivity contribution in [3.63, 3.8) is 0 Å². The highest BCUT2D eigenvalue weighted by Gasteiger charge is 2.25. The van der Waals surface area contributed by atoms with Crippen LogP contribution in [0.25, 0.3) is 0 Å². The molecule has 1 amide bonds. The van der Waals surface area contributed by atoms with Crippen LogP contribution in [-0.2, 0) is 27.8 Å². The van der Waals surface area contributed by atoms with E-state index in [0.717, 1.165) is 22.7 Å². The molecule has 6 nitrogen and oxygen atoms in total. The number of carbonyl (C=O) groups is 2. The van der Waals surface area contributed by atoms with Crippen LogP contribution >= 0.6 is 11.3 Å². The molecule has 1 aromatic carbocycles. The SMILES string of the molecule is CC(C)(C)c1nc(CC(=O)NC(C(=O)O)c2ccc3c(c2)CCO3)cs1. The summed E-state index contributed by atoms with van der Waals surface area (Å²) in [6.45, 7) is 6.79. The molecule has 1 aliphatic rings. The summed E-state index contributed by atoms with van der Waals surface area (Å²) < 4.78 is 5.44. The topological polar surface area (TPSA) is 88.5 Å². The number of fused-ring (bicyclic) bond motifs is 1. The van der Waals surface area contributed by atoms with Gasteiger partial charge in [0.1, 0.15) is 5.75 Å². The minimum Gasteiger partial charge on any atom is -0.493 e. The Morgan fingerprint density at radius 1 is 1.38 bits per heavy atom. The van der Waals surface area contributed by atoms with E-state index in [9.17, 15) is 14.7 Å². The number of ether oxygens (including phenoxy) is 1. The molecule has 0 fully saturated rings. The first kappa shape index (κ1) is 18.4. The van der Waals surface area contributed by atoms with Gasteiger partial charge < -0.3 is 15.2 Å². The molecule has 7 heteroatoms. The van der Waals surface area contributed by atoms with Crippen molar-refractivity contribution in [2.45, 2.75) is 45.1 Å². The van der Waals surface area contributed by atoms with Gasteiger partial charge in [-0.15, -0.1) is 11.3 Å². The summed E-state index contributed by atoms with van der Waals surface area (Å²) in [5.74, 6) is -0.674. The largest absolute Gasteiger partial charge is 0.493 e. The number of thiazole rings is 1. The van der Waals surface area contributed by atoms with E-state index < -0.39 is 12.0 Å². The van der Waals surface area contributed by atoms with E-state index in [1.165, 1.54) is 11.3 Å². The lowest BCUT2D eigenvalue weighted by Crippen LogP contribution is -2.34. The van der Waals surface area contributed by atoms with Gasteiger partial charge in [0, 0.05) is 17.2 Å². The summed E-state index contributed by atoms with van der Waals surface area (Å²) in [6, 6.07) is 4.15. The maximum absolute atomic E-state index is 12.4. The number of nitrogens with one attached hydrogen (secondary N) is 1. The molecule has 0 bridgehead atoms. The monoisotopic (exact) mass is 374 g/mol. The van der Waals surface area contributed by atoms with Crippen LogP contribution in [0.2, 0.25) is 0 Å². The molecule has 2 heterocycles. The number of carbonyl (C=O) groups excluding carboxylic acids is 1. The molecule has 2 N–H and O–H groups in total. The molecule has 0 saturated carbocycles. The fourth-order valence-electron chi connectivity index (χ4n) is 2.78. The van der Waals surface area contributed by atoms with Crippen molar-refractivity contribution in [1.29, 1.82) is 0 Å². The molecule has 3 rings (SSSR count). The number of aliphatic carboxylic acids is 1. The fourth-order valence-corrected chi connectivity index (χ4v) is 3.69. The number of carboxylic acids is 1. The van der Waals surface area contributed by atoms with E-state index in [0.29, 0.717) is 17.9 Å². The van der Waals surface area contributed by atoms with Crippen molar-refractivity contribution in [2.75, 3.05) is 6.61 Å². The van der Waals surface area contributed by atoms with E-state index in [2.05, 4.69) is 31.1 Å². The summed E-state index contributed by atoms with van der Waals surface area (Å²) in [6.07, 6.45) is 0.808. The smallest absolute Gasteiger partial charge is 0.330 e. The van der Waals surface area contributed by atoms with Crippen LogP contribution < -0.4 is 10.1 Å². The summed E-state index contributed by atoms with van der Waals surface area (Å²) >= 11 is 1.51. The zero-order valence-electron chi connectivity index (χ0n) is 15.0. The Morgan fingerprint density at radius 2 is 2.15 bits per heavy atom. The zero-order valence-corrected chi connectivity index (χ0v) is 15.9. The number of amides is 1. The van der Waals surface area contributed by atoms with Crippen molar-refractivity contribution in [2.24, 2.45) is 0 Å². The van der Waals surface area contributed by atoms with Crippen molar-refractivity contribution >= 4 is 23.2 Å². The molecule has 0 spiro atoms. The van der Waals surface area contributed by atoms with Crippen LogP contribution in [0.15, 0.2) is 23.6 Å². The van der Waals surface area contributed by atoms with Gasteiger partial charge in [0.2, 0.25) is 5.91 Å². The molecule has 0 radical (unpaired) electrons. The third-order valence-electron chi connectivity index (χ3n) is 4.13. The Kier molecular flexibility index (Phi) is 5.00. The molecule has 1 atom stereocenters. The Morgan fingerprint density at radius 3 is 2.81 bits per heavy atom. The van der Waals surface area contributed by atoms with Crippen LogP contribution in [0.3, 0.4) is 0 Å². The number of rotatable bonds is 5. The summed E-state index contributed by atoms with van der Waals surface area (Å²) in [7, 11) is 0. The summed E-state index contributed by atoms with van der Waals surface area (Å²) in [4.78, 5) is 28.5. The zero-order chi connectivity index (χ0) is 18.9. The van der Waals surface area contributed by atoms with Gasteiger partial charge in [0.25, 0.3) is 0 Å². The number of hydrogen-bond donors (Lipinski definition) is 2. The molecule has 1 aliphatic heterocycles. The predicted molar refractivity (Wildman–Crippen MR) is 98.7 cm³/mol. The average molecular weight is 374 g/mol. The van der Waals surface area contributed by atoms with E-state index in [1.54, 1.807) is 18.2 Å². The van der Waals surface area contributed by atoms with Crippen molar-refractivity contribution in [3.8, 4) is 5.75 Å². The van der Waals surface area contributed by atoms with Gasteiger partial charge in [0.15, 0.2) is 6.04 Å². The lowest BCUT2D eigenvalue weighted by atomic mass is 9.98. The molecule has 1 unspecified atom stereocenters. The number of benzene rings is 1. The summed E-state index contributed by atoms with van der Waals surface area (Å²) in [5, 5.41) is 14.9. The first-order valence-electron chi connectivity index (χ1n) is 8.47. The van der Waals surface area contributed by atoms with E-state index in [1.807, 2.05) is 5.38 Å². The van der Waals surface area contributed by atoms with Gasteiger partial charge in [-0.1, -0.05) is 26.8 Å². The molecule has 138 valence electrons. The molecule has 2 aromatic rings. The number of hydrogen-bond acceptors (Lipinski definition) is 5. The molecule has 0 saturated heterocycles. The Labute approximate surface area is 156 Å². The van der Waals surface area contributed by atoms with Crippen LogP contribution in [0.5, 0.6) is 5.75 Å². The molecule has 1 aromatic heterocycles. The van der Waals surface area contributed by atoms with Crippen LogP contribution in [-0.4, -0.2) is 28.6 Å². The second-order valence-electron chi connectivity index (χ2n) is 7.38. The van der Waals surface area contributed by atoms with Crippen LogP contribution in [0, 0.1) is 0 Å². The maximum Gasteiger partial charge on any atom is 0.330 e. The Bertz CT molecular complexity index is 838. The Balaban J connectivity index is 1.71. The normalized spacial score (nSPS) is 14.4. The molecular weight excluding hydrogens is 352 g/mol. The van der Waals surface area contributed by atoms with Gasteiger partial charge in [-0.2, -0.15) is 0 Å². The number of carboxylic acid groups (broad SMARTS) is 1. The quantitative estimate of drug-likeness (QED) is 0.840. The molecule has 26 heavy (non-hydrogen) atoms. The number of nitrogens with zero attached hydrogens (tertiary/aromatic N) is 1. The van der Waals surface area contributed by atoms with Gasteiger partial charge in [-0.25, -0.2) is 9.78 Å². The first-order chi connectivity index (χ1) is 12.2. The van der Waals surface area contributed by atoms with E-state index in [-0.39, 0.29) is 17.7 Å². The van der Waals surface area contributed by atoms with Gasteiger partial charge >= 0.3 is 5.97 Å². The van der Waals surface area contributed by atoms with Crippen molar-refractivity contribution in [1.82, 2.24) is 10.3 Å². The minimum absolute atomic E-state index is 0.0599. The standard InChI is InChI=1S/C19H22N2O4S/c1-19(2,3)18-20-13(10-26-18)9-15(22)21-16(17(23)24)12-4-5-14-11(8-12)6-7-25-14/h4-5,8,10,16H,6-7,9H2,1-3H3,(H,21,22)(H,23,24). The van der Waals surface area contributed by atoms with Gasteiger partial charge in [-0.05, 0) is 23.3 Å². The van der Waals surface area contributed by atoms with Crippen LogP contribution in [0.4, 0.5) is 0 Å². The van der Waals surface area contributed by atoms with E-state index in [4.69, 9.17) is 4.74 Å². The van der Waals surface area contributed by atoms with Gasteiger partial charge in [-0.3, -0.25) is 4.79 Å². The highest BCUT2D eigenvalue weighted by molar-refractivity contribution is 7.09. The van der Waals surface area contributed by atoms with Crippen molar-refractivity contribution < 1.29 is 19.4 Å². The third kappa shape index (κ3) is 4.04. The second kappa shape index (κ2) is 7.07. The van der Waals surface area contributed by atoms with Gasteiger partial charge in [0.05, 0.1) is 23.7 Å². The molecule has 0 aliphatic carbocycles. The maximum atomic E-state index is 12.4. The first-order valence-corrected chi connectivity index (χ1v) is 9.34. The second-order valence-corrected chi connectivity index (χ2v) is 8.23. The highest BCUT2D eigenvalue weighted by atomic mass is 32.1. The lowest BCUT2D eigenvalue weighted by Gasteiger charge is -2.16. The third-order valence-corrected chi connectivity index (χ3v) is 5.45. The predicted octanol–water partition coefficient (Wildman–Crippen LogP) is 2.86. The van der Waals surface area contributed by atoms with E-state index >= 15 is 0 Å². The van der Waals surface area contributed by atoms with Crippen molar-refractivity contribution in [3.05, 3.63) is 45.4 Å². The van der Waals surface area contributed by atoms with Crippen LogP contribution in [0.1, 0.15) is 48.6 Å².